The zero-order chi connectivity index (χ0) is 16.4. The van der Waals surface area contributed by atoms with Gasteiger partial charge in [-0.05, 0) is 68.4 Å². The number of thiocarbonyl (C=S) groups is 1. The molecule has 2 N–H and O–H groups in total. The largest absolute Gasteiger partial charge is 0.423 e. The van der Waals surface area contributed by atoms with E-state index in [0.717, 1.165) is 35.4 Å². The molecule has 1 heterocycles. The van der Waals surface area contributed by atoms with E-state index in [-0.39, 0.29) is 5.63 Å². The van der Waals surface area contributed by atoms with Crippen LogP contribution in [0, 0.1) is 12.8 Å². The molecule has 4 nitrogen and oxygen atoms in total. The maximum atomic E-state index is 11.5. The van der Waals surface area contributed by atoms with Crippen LogP contribution in [-0.2, 0) is 0 Å². The van der Waals surface area contributed by atoms with E-state index in [1.807, 2.05) is 25.1 Å². The molecule has 1 aliphatic rings. The SMILES string of the molecule is Cc1cc(=O)oc2cc(NC(=S)NC3CCC(C)CC3)ccc12. The highest BCUT2D eigenvalue weighted by Crippen LogP contribution is 2.24. The summed E-state index contributed by atoms with van der Waals surface area (Å²) in [5.41, 5.74) is 1.99. The smallest absolute Gasteiger partial charge is 0.336 e. The van der Waals surface area contributed by atoms with Gasteiger partial charge in [0.05, 0.1) is 0 Å². The van der Waals surface area contributed by atoms with Crippen LogP contribution in [-0.4, -0.2) is 11.2 Å². The number of fused-ring (bicyclic) bond motifs is 1. The molecule has 1 fully saturated rings. The summed E-state index contributed by atoms with van der Waals surface area (Å²) in [5.74, 6) is 0.821. The quantitative estimate of drug-likeness (QED) is 0.645. The highest BCUT2D eigenvalue weighted by atomic mass is 32.1. The lowest BCUT2D eigenvalue weighted by Gasteiger charge is -2.28. The summed E-state index contributed by atoms with van der Waals surface area (Å²) in [7, 11) is 0. The second-order valence-electron chi connectivity index (χ2n) is 6.51. The Morgan fingerprint density at radius 3 is 2.70 bits per heavy atom. The molecular formula is C18H22N2O2S. The minimum Gasteiger partial charge on any atom is -0.423 e. The van der Waals surface area contributed by atoms with Gasteiger partial charge in [0, 0.05) is 29.2 Å². The summed E-state index contributed by atoms with van der Waals surface area (Å²) in [6.07, 6.45) is 4.82. The van der Waals surface area contributed by atoms with Crippen molar-refractivity contribution in [3.63, 3.8) is 0 Å². The molecule has 2 aromatic rings. The van der Waals surface area contributed by atoms with E-state index in [1.54, 1.807) is 0 Å². The molecular weight excluding hydrogens is 308 g/mol. The van der Waals surface area contributed by atoms with Gasteiger partial charge in [-0.3, -0.25) is 0 Å². The Morgan fingerprint density at radius 1 is 1.22 bits per heavy atom. The third kappa shape index (κ3) is 3.91. The van der Waals surface area contributed by atoms with Crippen molar-refractivity contribution in [1.29, 1.82) is 0 Å². The lowest BCUT2D eigenvalue weighted by atomic mass is 9.87. The van der Waals surface area contributed by atoms with Crippen molar-refractivity contribution in [2.45, 2.75) is 45.6 Å². The van der Waals surface area contributed by atoms with Crippen LogP contribution >= 0.6 is 12.2 Å². The van der Waals surface area contributed by atoms with Crippen LogP contribution in [0.25, 0.3) is 11.0 Å². The summed E-state index contributed by atoms with van der Waals surface area (Å²) in [4.78, 5) is 11.5. The fourth-order valence-corrected chi connectivity index (χ4v) is 3.44. The van der Waals surface area contributed by atoms with Gasteiger partial charge in [-0.1, -0.05) is 6.92 Å². The van der Waals surface area contributed by atoms with Gasteiger partial charge < -0.3 is 15.1 Å². The van der Waals surface area contributed by atoms with Crippen molar-refractivity contribution in [3.05, 3.63) is 40.2 Å². The zero-order valence-electron chi connectivity index (χ0n) is 13.5. The molecule has 0 atom stereocenters. The lowest BCUT2D eigenvalue weighted by Crippen LogP contribution is -2.39. The van der Waals surface area contributed by atoms with Crippen LogP contribution in [0.2, 0.25) is 0 Å². The molecule has 0 bridgehead atoms. The number of nitrogens with one attached hydrogen (secondary N) is 2. The van der Waals surface area contributed by atoms with E-state index in [4.69, 9.17) is 16.6 Å². The Morgan fingerprint density at radius 2 is 1.96 bits per heavy atom. The number of hydrogen-bond acceptors (Lipinski definition) is 3. The van der Waals surface area contributed by atoms with E-state index in [2.05, 4.69) is 17.6 Å². The summed E-state index contributed by atoms with van der Waals surface area (Å²) < 4.78 is 5.27. The van der Waals surface area contributed by atoms with Gasteiger partial charge in [0.2, 0.25) is 0 Å². The second-order valence-corrected chi connectivity index (χ2v) is 6.92. The average molecular weight is 330 g/mol. The number of hydrogen-bond donors (Lipinski definition) is 2. The highest BCUT2D eigenvalue weighted by Gasteiger charge is 2.18. The van der Waals surface area contributed by atoms with Crippen molar-refractivity contribution >= 4 is 34.0 Å². The monoisotopic (exact) mass is 330 g/mol. The maximum Gasteiger partial charge on any atom is 0.336 e. The van der Waals surface area contributed by atoms with E-state index in [1.165, 1.54) is 18.9 Å². The molecule has 0 aliphatic heterocycles. The zero-order valence-corrected chi connectivity index (χ0v) is 14.3. The summed E-state index contributed by atoms with van der Waals surface area (Å²) in [6.45, 7) is 4.21. The van der Waals surface area contributed by atoms with Gasteiger partial charge in [0.1, 0.15) is 5.58 Å². The molecule has 0 spiro atoms. The van der Waals surface area contributed by atoms with Crippen molar-refractivity contribution in [2.75, 3.05) is 5.32 Å². The third-order valence-electron chi connectivity index (χ3n) is 4.56. The van der Waals surface area contributed by atoms with Crippen molar-refractivity contribution in [1.82, 2.24) is 5.32 Å². The first kappa shape index (κ1) is 16.0. The van der Waals surface area contributed by atoms with Crippen molar-refractivity contribution in [3.8, 4) is 0 Å². The molecule has 0 saturated heterocycles. The first-order chi connectivity index (χ1) is 11.0. The molecule has 0 unspecified atom stereocenters. The first-order valence-electron chi connectivity index (χ1n) is 8.13. The van der Waals surface area contributed by atoms with E-state index in [9.17, 15) is 4.79 Å². The number of anilines is 1. The second kappa shape index (κ2) is 6.71. The summed E-state index contributed by atoms with van der Waals surface area (Å²) in [6, 6.07) is 7.67. The van der Waals surface area contributed by atoms with Crippen molar-refractivity contribution < 1.29 is 4.42 Å². The molecule has 1 saturated carbocycles. The van der Waals surface area contributed by atoms with Crippen LogP contribution in [0.3, 0.4) is 0 Å². The molecule has 0 radical (unpaired) electrons. The fourth-order valence-electron chi connectivity index (χ4n) is 3.16. The van der Waals surface area contributed by atoms with E-state index in [0.29, 0.717) is 16.7 Å². The van der Waals surface area contributed by atoms with Crippen LogP contribution in [0.5, 0.6) is 0 Å². The lowest BCUT2D eigenvalue weighted by molar-refractivity contribution is 0.332. The fraction of sp³-hybridized carbons (Fsp3) is 0.444. The van der Waals surface area contributed by atoms with Crippen molar-refractivity contribution in [2.24, 2.45) is 5.92 Å². The first-order valence-corrected chi connectivity index (χ1v) is 8.54. The highest BCUT2D eigenvalue weighted by molar-refractivity contribution is 7.80. The molecule has 23 heavy (non-hydrogen) atoms. The van der Waals surface area contributed by atoms with E-state index < -0.39 is 0 Å². The molecule has 3 rings (SSSR count). The molecule has 1 aromatic heterocycles. The predicted octanol–water partition coefficient (Wildman–Crippen LogP) is 3.97. The predicted molar refractivity (Wildman–Crippen MR) is 98.0 cm³/mol. The normalized spacial score (nSPS) is 21.1. The molecule has 1 aromatic carbocycles. The van der Waals surface area contributed by atoms with Gasteiger partial charge >= 0.3 is 5.63 Å². The van der Waals surface area contributed by atoms with Crippen LogP contribution in [0.15, 0.2) is 33.5 Å². The molecule has 0 amide bonds. The number of aryl methyl sites for hydroxylation is 1. The van der Waals surface area contributed by atoms with Gasteiger partial charge in [-0.25, -0.2) is 4.79 Å². The number of benzene rings is 1. The number of rotatable bonds is 2. The standard InChI is InChI=1S/C18H22N2O2S/c1-11-3-5-13(6-4-11)19-18(23)20-14-7-8-15-12(2)9-17(21)22-16(15)10-14/h7-11,13H,3-6H2,1-2H3,(H2,19,20,23). The Bertz CT molecular complexity index is 776. The van der Waals surface area contributed by atoms with Crippen LogP contribution in [0.1, 0.15) is 38.2 Å². The third-order valence-corrected chi connectivity index (χ3v) is 4.78. The van der Waals surface area contributed by atoms with Gasteiger partial charge in [-0.2, -0.15) is 0 Å². The summed E-state index contributed by atoms with van der Waals surface area (Å²) in [5, 5.41) is 8.14. The van der Waals surface area contributed by atoms with Gasteiger partial charge in [0.15, 0.2) is 5.11 Å². The Hall–Kier alpha value is -1.88. The van der Waals surface area contributed by atoms with Gasteiger partial charge in [0.25, 0.3) is 0 Å². The van der Waals surface area contributed by atoms with E-state index >= 15 is 0 Å². The Balaban J connectivity index is 1.69. The Kier molecular flexibility index (Phi) is 4.66. The van der Waals surface area contributed by atoms with Gasteiger partial charge in [-0.15, -0.1) is 0 Å². The van der Waals surface area contributed by atoms with Crippen LogP contribution in [0.4, 0.5) is 5.69 Å². The molecule has 1 aliphatic carbocycles. The maximum absolute atomic E-state index is 11.5. The Labute approximate surface area is 141 Å². The minimum absolute atomic E-state index is 0.329. The topological polar surface area (TPSA) is 54.3 Å². The summed E-state index contributed by atoms with van der Waals surface area (Å²) >= 11 is 5.41. The van der Waals surface area contributed by atoms with Crippen LogP contribution < -0.4 is 16.3 Å². The molecule has 122 valence electrons. The average Bonchev–Trinajstić information content (AvgIpc) is 2.49. The molecule has 5 heteroatoms. The minimum atomic E-state index is -0.329.